The molecule has 1 aliphatic heterocycles. The summed E-state index contributed by atoms with van der Waals surface area (Å²) in [6.45, 7) is -0.0441. The molecule has 9 heteroatoms. The van der Waals surface area contributed by atoms with Gasteiger partial charge in [0, 0.05) is 29.6 Å². The third-order valence-corrected chi connectivity index (χ3v) is 7.10. The van der Waals surface area contributed by atoms with Crippen molar-refractivity contribution in [3.8, 4) is 0 Å². The average Bonchev–Trinajstić information content (AvgIpc) is 3.57. The maximum absolute atomic E-state index is 14.2. The molecule has 4 aromatic rings. The van der Waals surface area contributed by atoms with Gasteiger partial charge >= 0.3 is 5.97 Å². The van der Waals surface area contributed by atoms with Gasteiger partial charge in [0.15, 0.2) is 0 Å². The van der Waals surface area contributed by atoms with Crippen LogP contribution in [0.4, 0.5) is 5.69 Å². The van der Waals surface area contributed by atoms with Gasteiger partial charge in [-0.2, -0.15) is 0 Å². The number of carbonyl (C=O) groups excluding carboxylic acids is 3. The molecule has 2 atom stereocenters. The number of aryl methyl sites for hydroxylation is 1. The highest BCUT2D eigenvalue weighted by atomic mass is 16.4. The summed E-state index contributed by atoms with van der Waals surface area (Å²) in [5.41, 5.74) is 3.60. The minimum absolute atomic E-state index is 0.0441. The summed E-state index contributed by atoms with van der Waals surface area (Å²) in [7, 11) is 0. The third kappa shape index (κ3) is 5.88. The second-order valence-corrected chi connectivity index (χ2v) is 9.81. The number of H-pyrrole nitrogens is 1. The number of benzene rings is 3. The van der Waals surface area contributed by atoms with Gasteiger partial charge in [-0.05, 0) is 42.2 Å². The lowest BCUT2D eigenvalue weighted by Crippen LogP contribution is -2.55. The van der Waals surface area contributed by atoms with Crippen LogP contribution in [-0.4, -0.2) is 52.4 Å². The van der Waals surface area contributed by atoms with Gasteiger partial charge in [0.05, 0.1) is 6.42 Å². The molecule has 0 bridgehead atoms. The number of carboxylic acids is 1. The summed E-state index contributed by atoms with van der Waals surface area (Å²) in [5, 5.41) is 15.4. The smallest absolute Gasteiger partial charge is 0.305 e. The molecule has 9 nitrogen and oxygen atoms in total. The van der Waals surface area contributed by atoms with Crippen molar-refractivity contribution in [3.05, 3.63) is 102 Å². The third-order valence-electron chi connectivity index (χ3n) is 7.10. The molecule has 1 aromatic heterocycles. The average molecular weight is 539 g/mol. The minimum Gasteiger partial charge on any atom is -0.481 e. The first-order valence-corrected chi connectivity index (χ1v) is 13.2. The SMILES string of the molecule is O=C(O)CCNC(=O)C1Cc2ccccc2N1C(=O)[C@H](CCc1ccccc1)NC(=O)c1cc2ccccc2[nH]1. The molecule has 3 aromatic carbocycles. The number of hydrogen-bond donors (Lipinski definition) is 4. The zero-order valence-electron chi connectivity index (χ0n) is 21.8. The largest absolute Gasteiger partial charge is 0.481 e. The number of aromatic amines is 1. The van der Waals surface area contributed by atoms with E-state index in [1.165, 1.54) is 4.90 Å². The molecule has 4 N–H and O–H groups in total. The van der Waals surface area contributed by atoms with Crippen molar-refractivity contribution < 1.29 is 24.3 Å². The lowest BCUT2D eigenvalue weighted by Gasteiger charge is -2.29. The molecule has 5 rings (SSSR count). The van der Waals surface area contributed by atoms with Gasteiger partial charge in [-0.1, -0.05) is 66.7 Å². The first-order valence-electron chi connectivity index (χ1n) is 13.2. The lowest BCUT2D eigenvalue weighted by atomic mass is 10.0. The number of nitrogens with one attached hydrogen (secondary N) is 3. The number of aromatic nitrogens is 1. The number of rotatable bonds is 10. The van der Waals surface area contributed by atoms with E-state index in [0.29, 0.717) is 30.6 Å². The second kappa shape index (κ2) is 11.9. The number of anilines is 1. The van der Waals surface area contributed by atoms with Crippen LogP contribution in [0.3, 0.4) is 0 Å². The van der Waals surface area contributed by atoms with Gasteiger partial charge < -0.3 is 20.7 Å². The summed E-state index contributed by atoms with van der Waals surface area (Å²) >= 11 is 0. The van der Waals surface area contributed by atoms with Crippen molar-refractivity contribution >= 4 is 40.3 Å². The van der Waals surface area contributed by atoms with Gasteiger partial charge in [-0.25, -0.2) is 0 Å². The van der Waals surface area contributed by atoms with E-state index in [2.05, 4.69) is 15.6 Å². The zero-order valence-corrected chi connectivity index (χ0v) is 21.8. The number of amides is 3. The van der Waals surface area contributed by atoms with Crippen molar-refractivity contribution in [1.29, 1.82) is 0 Å². The van der Waals surface area contributed by atoms with E-state index in [-0.39, 0.29) is 13.0 Å². The first kappa shape index (κ1) is 26.7. The number of hydrogen-bond acceptors (Lipinski definition) is 4. The van der Waals surface area contributed by atoms with E-state index in [9.17, 15) is 19.2 Å². The predicted molar refractivity (Wildman–Crippen MR) is 151 cm³/mol. The lowest BCUT2D eigenvalue weighted by molar-refractivity contribution is -0.137. The van der Waals surface area contributed by atoms with Gasteiger partial charge in [0.25, 0.3) is 5.91 Å². The highest BCUT2D eigenvalue weighted by molar-refractivity contribution is 6.08. The Balaban J connectivity index is 1.42. The van der Waals surface area contributed by atoms with Crippen LogP contribution in [0.5, 0.6) is 0 Å². The second-order valence-electron chi connectivity index (χ2n) is 9.81. The summed E-state index contributed by atoms with van der Waals surface area (Å²) in [6.07, 6.45) is 0.928. The van der Waals surface area contributed by atoms with E-state index >= 15 is 0 Å². The summed E-state index contributed by atoms with van der Waals surface area (Å²) < 4.78 is 0. The summed E-state index contributed by atoms with van der Waals surface area (Å²) in [6, 6.07) is 24.5. The van der Waals surface area contributed by atoms with E-state index in [1.54, 1.807) is 18.2 Å². The van der Waals surface area contributed by atoms with E-state index in [4.69, 9.17) is 5.11 Å². The molecule has 1 unspecified atom stereocenters. The maximum Gasteiger partial charge on any atom is 0.305 e. The Morgan fingerprint density at radius 1 is 0.950 bits per heavy atom. The fraction of sp³-hybridized carbons (Fsp3) is 0.226. The van der Waals surface area contributed by atoms with Gasteiger partial charge in [0.2, 0.25) is 11.8 Å². The quantitative estimate of drug-likeness (QED) is 0.246. The van der Waals surface area contributed by atoms with Crippen LogP contribution in [0, 0.1) is 0 Å². The molecule has 3 amide bonds. The number of para-hydroxylation sites is 2. The number of fused-ring (bicyclic) bond motifs is 2. The normalized spacial score (nSPS) is 14.9. The fourth-order valence-electron chi connectivity index (χ4n) is 5.09. The highest BCUT2D eigenvalue weighted by Gasteiger charge is 2.41. The Bertz CT molecular complexity index is 1510. The number of carbonyl (C=O) groups is 4. The molecule has 0 radical (unpaired) electrons. The molecule has 0 spiro atoms. The first-order chi connectivity index (χ1) is 19.4. The van der Waals surface area contributed by atoms with Gasteiger partial charge in [-0.3, -0.25) is 24.1 Å². The molecule has 204 valence electrons. The Kier molecular flexibility index (Phi) is 7.91. The van der Waals surface area contributed by atoms with Crippen molar-refractivity contribution in [2.75, 3.05) is 11.4 Å². The van der Waals surface area contributed by atoms with E-state index < -0.39 is 35.8 Å². The monoisotopic (exact) mass is 538 g/mol. The predicted octanol–water partition coefficient (Wildman–Crippen LogP) is 3.45. The Morgan fingerprint density at radius 2 is 1.68 bits per heavy atom. The standard InChI is InChI=1S/C31H30N4O5/c36-28(37)16-17-32-30(39)27-19-22-11-5-7-13-26(22)35(27)31(40)24(15-14-20-8-2-1-3-9-20)34-29(38)25-18-21-10-4-6-12-23(21)33-25/h1-13,18,24,27,33H,14-17,19H2,(H,32,39)(H,34,38)(H,36,37)/t24-,27?/m0/s1. The Morgan fingerprint density at radius 3 is 2.45 bits per heavy atom. The molecular formula is C31H30N4O5. The molecule has 0 saturated heterocycles. The van der Waals surface area contributed by atoms with E-state index in [0.717, 1.165) is 22.0 Å². The number of carboxylic acid groups (broad SMARTS) is 1. The van der Waals surface area contributed by atoms with Crippen LogP contribution >= 0.6 is 0 Å². The molecule has 0 aliphatic carbocycles. The van der Waals surface area contributed by atoms with Crippen LogP contribution in [0.25, 0.3) is 10.9 Å². The van der Waals surface area contributed by atoms with E-state index in [1.807, 2.05) is 66.7 Å². The number of aliphatic carboxylic acids is 1. The highest BCUT2D eigenvalue weighted by Crippen LogP contribution is 2.33. The maximum atomic E-state index is 14.2. The van der Waals surface area contributed by atoms with Gasteiger partial charge in [-0.15, -0.1) is 0 Å². The van der Waals surface area contributed by atoms with Crippen molar-refractivity contribution in [2.24, 2.45) is 0 Å². The van der Waals surface area contributed by atoms with Crippen LogP contribution in [0.15, 0.2) is 84.9 Å². The van der Waals surface area contributed by atoms with Gasteiger partial charge in [0.1, 0.15) is 17.8 Å². The van der Waals surface area contributed by atoms with Crippen molar-refractivity contribution in [2.45, 2.75) is 37.8 Å². The van der Waals surface area contributed by atoms with Crippen molar-refractivity contribution in [3.63, 3.8) is 0 Å². The molecule has 40 heavy (non-hydrogen) atoms. The zero-order chi connectivity index (χ0) is 28.1. The fourth-order valence-corrected chi connectivity index (χ4v) is 5.09. The van der Waals surface area contributed by atoms with Crippen LogP contribution in [0.2, 0.25) is 0 Å². The minimum atomic E-state index is -1.02. The summed E-state index contributed by atoms with van der Waals surface area (Å²) in [4.78, 5) is 56.2. The summed E-state index contributed by atoms with van der Waals surface area (Å²) in [5.74, 6) is -2.28. The van der Waals surface area contributed by atoms with Crippen LogP contribution in [0.1, 0.15) is 34.5 Å². The van der Waals surface area contributed by atoms with Crippen LogP contribution < -0.4 is 15.5 Å². The molecular weight excluding hydrogens is 508 g/mol. The molecule has 2 heterocycles. The molecule has 0 saturated carbocycles. The topological polar surface area (TPSA) is 132 Å². The number of nitrogens with zero attached hydrogens (tertiary/aromatic N) is 1. The Hall–Kier alpha value is -4.92. The molecule has 1 aliphatic rings. The van der Waals surface area contributed by atoms with Crippen LogP contribution in [-0.2, 0) is 27.2 Å². The Labute approximate surface area is 231 Å². The van der Waals surface area contributed by atoms with Crippen molar-refractivity contribution in [1.82, 2.24) is 15.6 Å². The molecule has 0 fully saturated rings.